The number of aliphatic hydroxyl groups is 1. The third-order valence-electron chi connectivity index (χ3n) is 5.54. The van der Waals surface area contributed by atoms with Gasteiger partial charge in [0, 0.05) is 42.3 Å². The Labute approximate surface area is 173 Å². The number of fused-ring (bicyclic) bond motifs is 3. The van der Waals surface area contributed by atoms with Crippen LogP contribution >= 0.6 is 11.3 Å². The van der Waals surface area contributed by atoms with Gasteiger partial charge in [0.1, 0.15) is 10.5 Å². The summed E-state index contributed by atoms with van der Waals surface area (Å²) in [4.78, 5) is 11.6. The third-order valence-corrected chi connectivity index (χ3v) is 6.35. The van der Waals surface area contributed by atoms with Crippen LogP contribution in [0, 0.1) is 0 Å². The lowest BCUT2D eigenvalue weighted by Crippen LogP contribution is -2.67. The topological polar surface area (TPSA) is 83.7 Å². The number of ether oxygens (including phenoxy) is 1. The van der Waals surface area contributed by atoms with E-state index in [1.54, 1.807) is 31.4 Å². The summed E-state index contributed by atoms with van der Waals surface area (Å²) in [6.07, 6.45) is 2.81. The SMILES string of the molecule is CC(OCC(C)(C)O)c1ccc(-c2nccs2)c2oc(N3CC4CC(C3)N4)nc12. The van der Waals surface area contributed by atoms with Crippen LogP contribution in [0.15, 0.2) is 28.1 Å². The zero-order valence-corrected chi connectivity index (χ0v) is 17.7. The highest BCUT2D eigenvalue weighted by molar-refractivity contribution is 7.13. The predicted molar refractivity (Wildman–Crippen MR) is 113 cm³/mol. The number of rotatable bonds is 6. The number of aromatic nitrogens is 2. The fraction of sp³-hybridized carbons (Fsp3) is 0.524. The summed E-state index contributed by atoms with van der Waals surface area (Å²) in [7, 11) is 0. The third kappa shape index (κ3) is 3.66. The van der Waals surface area contributed by atoms with Crippen molar-refractivity contribution in [2.45, 2.75) is 51.0 Å². The fourth-order valence-corrected chi connectivity index (χ4v) is 4.75. The van der Waals surface area contributed by atoms with Gasteiger partial charge in [0.05, 0.1) is 23.9 Å². The second-order valence-electron chi connectivity index (χ2n) is 8.68. The molecule has 0 spiro atoms. The molecule has 1 aromatic carbocycles. The minimum atomic E-state index is -0.884. The number of oxazole rings is 1. The maximum atomic E-state index is 10.0. The average molecular weight is 415 g/mol. The number of nitrogens with zero attached hydrogens (tertiary/aromatic N) is 3. The number of benzene rings is 1. The molecular weight excluding hydrogens is 388 g/mol. The fourth-order valence-electron chi connectivity index (χ4n) is 4.09. The lowest BCUT2D eigenvalue weighted by molar-refractivity contribution is -0.0483. The van der Waals surface area contributed by atoms with Gasteiger partial charge in [-0.25, -0.2) is 4.98 Å². The van der Waals surface area contributed by atoms with E-state index in [2.05, 4.69) is 15.2 Å². The molecule has 7 nitrogen and oxygen atoms in total. The molecule has 5 heterocycles. The van der Waals surface area contributed by atoms with E-state index in [0.717, 1.165) is 40.3 Å². The summed E-state index contributed by atoms with van der Waals surface area (Å²) in [5.74, 6) is 0. The summed E-state index contributed by atoms with van der Waals surface area (Å²) in [5.41, 5.74) is 2.58. The minimum absolute atomic E-state index is 0.219. The Balaban J connectivity index is 1.54. The molecule has 0 aliphatic carbocycles. The Morgan fingerprint density at radius 1 is 1.38 bits per heavy atom. The summed E-state index contributed by atoms with van der Waals surface area (Å²) < 4.78 is 12.3. The Morgan fingerprint density at radius 3 is 2.79 bits per heavy atom. The Hall–Kier alpha value is -2.00. The molecule has 8 heteroatoms. The van der Waals surface area contributed by atoms with Gasteiger partial charge < -0.3 is 24.5 Å². The second kappa shape index (κ2) is 7.05. The summed E-state index contributed by atoms with van der Waals surface area (Å²) in [5, 5.41) is 16.4. The zero-order valence-electron chi connectivity index (χ0n) is 16.9. The molecule has 3 aromatic rings. The van der Waals surface area contributed by atoms with Crippen LogP contribution in [0.1, 0.15) is 38.9 Å². The summed E-state index contributed by atoms with van der Waals surface area (Å²) >= 11 is 1.58. The van der Waals surface area contributed by atoms with Crippen molar-refractivity contribution in [3.05, 3.63) is 29.3 Å². The van der Waals surface area contributed by atoms with Crippen LogP contribution in [-0.4, -0.2) is 52.5 Å². The molecule has 0 radical (unpaired) electrons. The first-order chi connectivity index (χ1) is 13.9. The van der Waals surface area contributed by atoms with E-state index in [9.17, 15) is 5.11 Å². The normalized spacial score (nSPS) is 22.7. The predicted octanol–water partition coefficient (Wildman–Crippen LogP) is 3.35. The standard InChI is InChI=1S/C21H26N4O3S/c1-12(27-11-21(2,3)26)15-4-5-16(19-22-6-7-29-19)18-17(15)24-20(28-18)25-9-13-8-14(10-25)23-13/h4-7,12-14,23,26H,8-11H2,1-3H3. The lowest BCUT2D eigenvalue weighted by atomic mass is 9.92. The van der Waals surface area contributed by atoms with E-state index >= 15 is 0 Å². The van der Waals surface area contributed by atoms with Gasteiger partial charge in [-0.1, -0.05) is 6.07 Å². The molecule has 3 saturated heterocycles. The van der Waals surface area contributed by atoms with Gasteiger partial charge in [-0.15, -0.1) is 11.3 Å². The van der Waals surface area contributed by atoms with Crippen LogP contribution in [-0.2, 0) is 4.74 Å². The number of thiazole rings is 1. The highest BCUT2D eigenvalue weighted by Gasteiger charge is 2.38. The summed E-state index contributed by atoms with van der Waals surface area (Å²) in [6.45, 7) is 7.54. The van der Waals surface area contributed by atoms with Crippen LogP contribution in [0.25, 0.3) is 21.7 Å². The molecule has 2 aromatic heterocycles. The van der Waals surface area contributed by atoms with E-state index in [1.165, 1.54) is 6.42 Å². The van der Waals surface area contributed by atoms with Gasteiger partial charge in [-0.2, -0.15) is 4.98 Å². The van der Waals surface area contributed by atoms with Crippen LogP contribution in [0.5, 0.6) is 0 Å². The van der Waals surface area contributed by atoms with Crippen molar-refractivity contribution < 1.29 is 14.3 Å². The van der Waals surface area contributed by atoms with Gasteiger partial charge in [0.15, 0.2) is 5.58 Å². The van der Waals surface area contributed by atoms with Crippen molar-refractivity contribution in [1.29, 1.82) is 0 Å². The molecule has 3 fully saturated rings. The molecule has 3 aliphatic rings. The lowest BCUT2D eigenvalue weighted by Gasteiger charge is -2.47. The number of piperidine rings is 1. The highest BCUT2D eigenvalue weighted by Crippen LogP contribution is 2.38. The molecule has 0 saturated carbocycles. The highest BCUT2D eigenvalue weighted by atomic mass is 32.1. The molecule has 6 rings (SSSR count). The first-order valence-electron chi connectivity index (χ1n) is 10.1. The molecule has 29 heavy (non-hydrogen) atoms. The first kappa shape index (κ1) is 19.0. The van der Waals surface area contributed by atoms with Gasteiger partial charge >= 0.3 is 0 Å². The molecule has 0 amide bonds. The van der Waals surface area contributed by atoms with Crippen molar-refractivity contribution in [2.24, 2.45) is 0 Å². The van der Waals surface area contributed by atoms with E-state index in [1.807, 2.05) is 24.4 Å². The molecule has 2 N–H and O–H groups in total. The molecule has 3 atom stereocenters. The first-order valence-corrected chi connectivity index (χ1v) is 10.9. The molecule has 154 valence electrons. The van der Waals surface area contributed by atoms with Crippen molar-refractivity contribution in [1.82, 2.24) is 15.3 Å². The van der Waals surface area contributed by atoms with Gasteiger partial charge in [-0.05, 0) is 33.3 Å². The van der Waals surface area contributed by atoms with Crippen molar-refractivity contribution in [3.63, 3.8) is 0 Å². The van der Waals surface area contributed by atoms with Crippen LogP contribution in [0.3, 0.4) is 0 Å². The van der Waals surface area contributed by atoms with Gasteiger partial charge in [0.2, 0.25) is 0 Å². The monoisotopic (exact) mass is 414 g/mol. The second-order valence-corrected chi connectivity index (χ2v) is 9.58. The maximum Gasteiger partial charge on any atom is 0.298 e. The van der Waals surface area contributed by atoms with E-state index < -0.39 is 5.60 Å². The quantitative estimate of drug-likeness (QED) is 0.640. The number of hydrogen-bond acceptors (Lipinski definition) is 8. The Kier molecular flexibility index (Phi) is 4.62. The number of piperazine rings is 1. The number of anilines is 1. The minimum Gasteiger partial charge on any atom is -0.423 e. The van der Waals surface area contributed by atoms with Crippen LogP contribution in [0.4, 0.5) is 6.01 Å². The zero-order chi connectivity index (χ0) is 20.2. The number of nitrogens with one attached hydrogen (secondary N) is 1. The Bertz CT molecular complexity index is 995. The molecule has 2 bridgehead atoms. The van der Waals surface area contributed by atoms with Crippen LogP contribution < -0.4 is 10.2 Å². The van der Waals surface area contributed by atoms with Crippen molar-refractivity contribution in [3.8, 4) is 10.6 Å². The number of hydrogen-bond donors (Lipinski definition) is 2. The van der Waals surface area contributed by atoms with E-state index in [4.69, 9.17) is 14.1 Å². The van der Waals surface area contributed by atoms with E-state index in [-0.39, 0.29) is 12.7 Å². The Morgan fingerprint density at radius 2 is 2.14 bits per heavy atom. The van der Waals surface area contributed by atoms with E-state index in [0.29, 0.717) is 18.1 Å². The van der Waals surface area contributed by atoms with Crippen molar-refractivity contribution >= 4 is 28.5 Å². The van der Waals surface area contributed by atoms with Gasteiger partial charge in [-0.3, -0.25) is 0 Å². The van der Waals surface area contributed by atoms with Gasteiger partial charge in [0.25, 0.3) is 6.01 Å². The maximum absolute atomic E-state index is 10.0. The molecular formula is C21H26N4O3S. The average Bonchev–Trinajstić information content (AvgIpc) is 3.34. The van der Waals surface area contributed by atoms with Crippen molar-refractivity contribution in [2.75, 3.05) is 24.6 Å². The molecule has 3 aliphatic heterocycles. The molecule has 3 unspecified atom stereocenters. The largest absolute Gasteiger partial charge is 0.423 e. The van der Waals surface area contributed by atoms with Crippen LogP contribution in [0.2, 0.25) is 0 Å². The smallest absolute Gasteiger partial charge is 0.298 e. The summed E-state index contributed by atoms with van der Waals surface area (Å²) in [6, 6.07) is 5.78.